The van der Waals surface area contributed by atoms with Crippen molar-refractivity contribution >= 4 is 29.0 Å². The number of aromatic nitrogens is 1. The van der Waals surface area contributed by atoms with Gasteiger partial charge in [0.2, 0.25) is 0 Å². The number of hydrogen-bond donors (Lipinski definition) is 1. The van der Waals surface area contributed by atoms with Crippen LogP contribution in [0.15, 0.2) is 99.9 Å². The van der Waals surface area contributed by atoms with E-state index in [0.29, 0.717) is 38.6 Å². The number of methoxy groups -OCH3 is 1. The number of benzene rings is 3. The zero-order chi connectivity index (χ0) is 26.6. The first kappa shape index (κ1) is 25.2. The van der Waals surface area contributed by atoms with Crippen LogP contribution < -0.4 is 29.7 Å². The smallest absolute Gasteiger partial charge is 0.271 e. The van der Waals surface area contributed by atoms with Gasteiger partial charge in [-0.05, 0) is 67.4 Å². The molecule has 0 bridgehead atoms. The van der Waals surface area contributed by atoms with Crippen molar-refractivity contribution in [3.05, 3.63) is 121 Å². The number of hydrogen-bond acceptors (Lipinski definition) is 6. The first-order valence-electron chi connectivity index (χ1n) is 12.2. The first-order chi connectivity index (χ1) is 18.5. The molecule has 0 fully saturated rings. The maximum absolute atomic E-state index is 13.8. The minimum absolute atomic E-state index is 0.215. The third kappa shape index (κ3) is 5.03. The van der Waals surface area contributed by atoms with Crippen molar-refractivity contribution in [1.82, 2.24) is 4.57 Å². The monoisotopic (exact) mass is 525 g/mol. The van der Waals surface area contributed by atoms with Crippen LogP contribution in [-0.2, 0) is 4.79 Å². The van der Waals surface area contributed by atoms with E-state index >= 15 is 0 Å². The molecule has 5 rings (SSSR count). The lowest BCUT2D eigenvalue weighted by atomic mass is 9.95. The van der Waals surface area contributed by atoms with Gasteiger partial charge in [0.05, 0.1) is 35.6 Å². The van der Waals surface area contributed by atoms with Crippen LogP contribution in [0.1, 0.15) is 31.0 Å². The lowest BCUT2D eigenvalue weighted by Crippen LogP contribution is -2.40. The Balaban J connectivity index is 1.64. The van der Waals surface area contributed by atoms with E-state index < -0.39 is 6.04 Å². The van der Waals surface area contributed by atoms with Gasteiger partial charge in [-0.25, -0.2) is 4.99 Å². The zero-order valence-electron chi connectivity index (χ0n) is 21.3. The predicted molar refractivity (Wildman–Crippen MR) is 149 cm³/mol. The maximum atomic E-state index is 13.8. The third-order valence-electron chi connectivity index (χ3n) is 6.20. The summed E-state index contributed by atoms with van der Waals surface area (Å²) in [5.74, 6) is 1.09. The molecule has 1 atom stereocenters. The molecule has 4 aromatic rings. The molecule has 1 aliphatic rings. The fourth-order valence-electron chi connectivity index (χ4n) is 4.44. The average molecular weight is 526 g/mol. The number of ether oxygens (including phenoxy) is 2. The van der Waals surface area contributed by atoms with Crippen molar-refractivity contribution in [3.63, 3.8) is 0 Å². The molecule has 0 spiro atoms. The quantitative estimate of drug-likeness (QED) is 0.391. The number of allylic oxidation sites excluding steroid dienone is 1. The maximum Gasteiger partial charge on any atom is 0.271 e. The summed E-state index contributed by atoms with van der Waals surface area (Å²) in [6.07, 6.45) is 1.84. The van der Waals surface area contributed by atoms with E-state index in [4.69, 9.17) is 14.5 Å². The highest BCUT2D eigenvalue weighted by Crippen LogP contribution is 2.32. The van der Waals surface area contributed by atoms with Gasteiger partial charge >= 0.3 is 0 Å². The molecule has 7 nitrogen and oxygen atoms in total. The lowest BCUT2D eigenvalue weighted by Gasteiger charge is -2.25. The van der Waals surface area contributed by atoms with E-state index in [1.807, 2.05) is 91.9 Å². The molecule has 1 N–H and O–H groups in total. The van der Waals surface area contributed by atoms with Crippen LogP contribution >= 0.6 is 11.3 Å². The third-order valence-corrected chi connectivity index (χ3v) is 7.18. The Bertz CT molecular complexity index is 1690. The van der Waals surface area contributed by atoms with E-state index in [1.165, 1.54) is 11.3 Å². The summed E-state index contributed by atoms with van der Waals surface area (Å²) in [5.41, 5.74) is 3.03. The summed E-state index contributed by atoms with van der Waals surface area (Å²) in [5, 5.41) is 2.96. The number of rotatable bonds is 7. The first-order valence-corrected chi connectivity index (χ1v) is 13.1. The van der Waals surface area contributed by atoms with Gasteiger partial charge in [-0.3, -0.25) is 14.2 Å². The van der Waals surface area contributed by atoms with E-state index in [2.05, 4.69) is 5.32 Å². The number of amides is 1. The van der Waals surface area contributed by atoms with Gasteiger partial charge in [0.25, 0.3) is 11.5 Å². The number of carbonyl (C=O) groups excluding carboxylic acids is 1. The average Bonchev–Trinajstić information content (AvgIpc) is 3.23. The molecule has 2 heterocycles. The van der Waals surface area contributed by atoms with Crippen LogP contribution in [0.3, 0.4) is 0 Å². The summed E-state index contributed by atoms with van der Waals surface area (Å²) in [6, 6.07) is 23.6. The molecule has 8 heteroatoms. The van der Waals surface area contributed by atoms with Gasteiger partial charge in [0.15, 0.2) is 4.80 Å². The lowest BCUT2D eigenvalue weighted by molar-refractivity contribution is -0.113. The number of para-hydroxylation sites is 1. The second-order valence-corrected chi connectivity index (χ2v) is 9.69. The number of anilines is 1. The molecule has 0 saturated carbocycles. The van der Waals surface area contributed by atoms with Gasteiger partial charge in [-0.2, -0.15) is 0 Å². The molecule has 0 unspecified atom stereocenters. The largest absolute Gasteiger partial charge is 0.497 e. The van der Waals surface area contributed by atoms with Gasteiger partial charge < -0.3 is 14.8 Å². The molecule has 1 aromatic heterocycles. The van der Waals surface area contributed by atoms with Crippen LogP contribution in [0.25, 0.3) is 6.08 Å². The molecule has 192 valence electrons. The Labute approximate surface area is 224 Å². The SMILES string of the molecule is CCOc1ccc(/C=c2\sc3n(c2=O)[C@H](c2cccc(OC)c2)C(C(=O)Nc2ccccc2)=C(C)N=3)cc1. The Morgan fingerprint density at radius 2 is 1.82 bits per heavy atom. The molecular weight excluding hydrogens is 498 g/mol. The minimum Gasteiger partial charge on any atom is -0.497 e. The Hall–Kier alpha value is -4.43. The number of fused-ring (bicyclic) bond motifs is 1. The summed E-state index contributed by atoms with van der Waals surface area (Å²) in [7, 11) is 1.59. The van der Waals surface area contributed by atoms with Crippen LogP contribution in [-0.4, -0.2) is 24.2 Å². The van der Waals surface area contributed by atoms with Gasteiger partial charge in [0, 0.05) is 5.69 Å². The highest BCUT2D eigenvalue weighted by molar-refractivity contribution is 7.07. The highest BCUT2D eigenvalue weighted by atomic mass is 32.1. The fraction of sp³-hybridized carbons (Fsp3) is 0.167. The van der Waals surface area contributed by atoms with Crippen LogP contribution in [0, 0.1) is 0 Å². The number of nitrogens with one attached hydrogen (secondary N) is 1. The molecule has 0 aliphatic carbocycles. The van der Waals surface area contributed by atoms with E-state index in [9.17, 15) is 9.59 Å². The van der Waals surface area contributed by atoms with Crippen molar-refractivity contribution in [2.24, 2.45) is 4.99 Å². The number of thiazole rings is 1. The molecule has 38 heavy (non-hydrogen) atoms. The fourth-order valence-corrected chi connectivity index (χ4v) is 5.48. The topological polar surface area (TPSA) is 81.9 Å². The molecule has 1 aliphatic heterocycles. The van der Waals surface area contributed by atoms with Crippen molar-refractivity contribution in [2.45, 2.75) is 19.9 Å². The summed E-state index contributed by atoms with van der Waals surface area (Å²) in [6.45, 7) is 4.32. The van der Waals surface area contributed by atoms with Crippen molar-refractivity contribution < 1.29 is 14.3 Å². The van der Waals surface area contributed by atoms with Crippen molar-refractivity contribution in [1.29, 1.82) is 0 Å². The minimum atomic E-state index is -0.674. The van der Waals surface area contributed by atoms with Crippen molar-refractivity contribution in [3.8, 4) is 11.5 Å². The normalized spacial score (nSPS) is 15.0. The van der Waals surface area contributed by atoms with E-state index in [0.717, 1.165) is 16.9 Å². The van der Waals surface area contributed by atoms with Crippen LogP contribution in [0.2, 0.25) is 0 Å². The molecule has 3 aromatic carbocycles. The van der Waals surface area contributed by atoms with Gasteiger partial charge in [-0.15, -0.1) is 0 Å². The molecular formula is C30H27N3O4S. The molecule has 1 amide bonds. The van der Waals surface area contributed by atoms with Crippen LogP contribution in [0.5, 0.6) is 11.5 Å². The number of nitrogens with zero attached hydrogens (tertiary/aromatic N) is 2. The molecule has 0 saturated heterocycles. The van der Waals surface area contributed by atoms with Gasteiger partial charge in [-0.1, -0.05) is 53.8 Å². The standard InChI is InChI=1S/C30H27N3O4S/c1-4-37-23-15-13-20(14-16-23)17-25-29(35)33-27(21-9-8-12-24(18-21)36-3)26(19(2)31-30(33)38-25)28(34)32-22-10-6-5-7-11-22/h5-18,27H,4H2,1-3H3,(H,32,34)/b25-17-/t27-/m1/s1. The highest BCUT2D eigenvalue weighted by Gasteiger charge is 2.32. The Morgan fingerprint density at radius 3 is 2.53 bits per heavy atom. The predicted octanol–water partition coefficient (Wildman–Crippen LogP) is 4.28. The summed E-state index contributed by atoms with van der Waals surface area (Å²) < 4.78 is 13.1. The zero-order valence-corrected chi connectivity index (χ0v) is 22.1. The van der Waals surface area contributed by atoms with Crippen LogP contribution in [0.4, 0.5) is 5.69 Å². The van der Waals surface area contributed by atoms with E-state index in [1.54, 1.807) is 18.6 Å². The summed E-state index contributed by atoms with van der Waals surface area (Å²) in [4.78, 5) is 32.7. The molecule has 0 radical (unpaired) electrons. The van der Waals surface area contributed by atoms with Crippen molar-refractivity contribution in [2.75, 3.05) is 19.0 Å². The second kappa shape index (κ2) is 10.9. The second-order valence-electron chi connectivity index (χ2n) is 8.68. The van der Waals surface area contributed by atoms with E-state index in [-0.39, 0.29) is 11.5 Å². The summed E-state index contributed by atoms with van der Waals surface area (Å²) >= 11 is 1.30. The Morgan fingerprint density at radius 1 is 1.05 bits per heavy atom. The van der Waals surface area contributed by atoms with Gasteiger partial charge in [0.1, 0.15) is 11.5 Å². The Kier molecular flexibility index (Phi) is 7.24. The number of carbonyl (C=O) groups is 1.